The van der Waals surface area contributed by atoms with Crippen molar-refractivity contribution in [3.8, 4) is 0 Å². The molecule has 0 saturated heterocycles. The summed E-state index contributed by atoms with van der Waals surface area (Å²) in [6.45, 7) is 1.90. The molecule has 0 aliphatic rings. The molecule has 90 valence electrons. The maximum Gasteiger partial charge on any atom is 0.252 e. The molecule has 1 rings (SSSR count). The van der Waals surface area contributed by atoms with Crippen molar-refractivity contribution in [1.82, 2.24) is 15.0 Å². The van der Waals surface area contributed by atoms with E-state index >= 15 is 0 Å². The molecule has 16 heavy (non-hydrogen) atoms. The minimum absolute atomic E-state index is 0.0122. The lowest BCUT2D eigenvalue weighted by Gasteiger charge is -2.03. The van der Waals surface area contributed by atoms with Crippen molar-refractivity contribution in [3.63, 3.8) is 0 Å². The van der Waals surface area contributed by atoms with Crippen LogP contribution in [0.2, 0.25) is 4.47 Å². The molecule has 1 amide bonds. The van der Waals surface area contributed by atoms with Crippen LogP contribution in [0, 0.1) is 0 Å². The quantitative estimate of drug-likeness (QED) is 0.809. The average Bonchev–Trinajstić information content (AvgIpc) is 2.63. The smallest absolute Gasteiger partial charge is 0.252 e. The van der Waals surface area contributed by atoms with Crippen molar-refractivity contribution < 1.29 is 13.2 Å². The Morgan fingerprint density at radius 3 is 2.81 bits per heavy atom. The van der Waals surface area contributed by atoms with Gasteiger partial charge in [0.25, 0.3) is 10.0 Å². The molecule has 0 unspecified atom stereocenters. The van der Waals surface area contributed by atoms with Crippen molar-refractivity contribution in [2.24, 2.45) is 0 Å². The van der Waals surface area contributed by atoms with Crippen LogP contribution in [0.1, 0.15) is 6.92 Å². The first-order chi connectivity index (χ1) is 7.45. The SMILES string of the molecule is CCNC(=O)CNS(=O)(=O)c1cnc(Cl)s1. The van der Waals surface area contributed by atoms with E-state index in [2.05, 4.69) is 15.0 Å². The first-order valence-corrected chi connectivity index (χ1v) is 7.01. The van der Waals surface area contributed by atoms with Gasteiger partial charge in [0.15, 0.2) is 8.68 Å². The summed E-state index contributed by atoms with van der Waals surface area (Å²) < 4.78 is 25.4. The lowest BCUT2D eigenvalue weighted by molar-refractivity contribution is -0.119. The van der Waals surface area contributed by atoms with E-state index in [1.165, 1.54) is 0 Å². The van der Waals surface area contributed by atoms with Crippen LogP contribution in [0.3, 0.4) is 0 Å². The van der Waals surface area contributed by atoms with Crippen LogP contribution < -0.4 is 10.0 Å². The third kappa shape index (κ3) is 3.71. The zero-order valence-electron chi connectivity index (χ0n) is 8.36. The summed E-state index contributed by atoms with van der Waals surface area (Å²) in [6.07, 6.45) is 1.15. The number of hydrogen-bond acceptors (Lipinski definition) is 5. The van der Waals surface area contributed by atoms with Gasteiger partial charge in [-0.25, -0.2) is 18.1 Å². The maximum atomic E-state index is 11.6. The number of amides is 1. The summed E-state index contributed by atoms with van der Waals surface area (Å²) in [7, 11) is -3.69. The second-order valence-electron chi connectivity index (χ2n) is 2.71. The summed E-state index contributed by atoms with van der Waals surface area (Å²) in [5, 5.41) is 2.47. The monoisotopic (exact) mass is 283 g/mol. The Hall–Kier alpha value is -0.700. The molecule has 9 heteroatoms. The normalized spacial score (nSPS) is 11.4. The number of halogens is 1. The van der Waals surface area contributed by atoms with Crippen LogP contribution in [0.4, 0.5) is 0 Å². The number of sulfonamides is 1. The maximum absolute atomic E-state index is 11.6. The van der Waals surface area contributed by atoms with Gasteiger partial charge in [-0.15, -0.1) is 0 Å². The number of nitrogens with one attached hydrogen (secondary N) is 2. The van der Waals surface area contributed by atoms with Gasteiger partial charge < -0.3 is 5.32 Å². The molecule has 0 spiro atoms. The second-order valence-corrected chi connectivity index (χ2v) is 6.32. The van der Waals surface area contributed by atoms with Crippen molar-refractivity contribution in [2.75, 3.05) is 13.1 Å². The number of rotatable bonds is 5. The predicted molar refractivity (Wildman–Crippen MR) is 61.0 cm³/mol. The highest BCUT2D eigenvalue weighted by molar-refractivity contribution is 7.91. The highest BCUT2D eigenvalue weighted by atomic mass is 35.5. The molecule has 0 saturated carbocycles. The van der Waals surface area contributed by atoms with Crippen LogP contribution in [-0.4, -0.2) is 32.4 Å². The fourth-order valence-corrected chi connectivity index (χ4v) is 3.17. The Morgan fingerprint density at radius 2 is 2.31 bits per heavy atom. The molecule has 2 N–H and O–H groups in total. The Balaban J connectivity index is 2.63. The molecular weight excluding hydrogens is 274 g/mol. The van der Waals surface area contributed by atoms with Crippen LogP contribution in [0.5, 0.6) is 0 Å². The molecule has 1 heterocycles. The van der Waals surface area contributed by atoms with E-state index in [4.69, 9.17) is 11.6 Å². The molecule has 0 atom stereocenters. The van der Waals surface area contributed by atoms with Gasteiger partial charge in [0.1, 0.15) is 0 Å². The first-order valence-electron chi connectivity index (χ1n) is 4.33. The summed E-state index contributed by atoms with van der Waals surface area (Å²) in [5.74, 6) is -0.387. The van der Waals surface area contributed by atoms with Gasteiger partial charge in [-0.1, -0.05) is 22.9 Å². The van der Waals surface area contributed by atoms with Gasteiger partial charge >= 0.3 is 0 Å². The number of nitrogens with zero attached hydrogens (tertiary/aromatic N) is 1. The predicted octanol–water partition coefficient (Wildman–Crippen LogP) is 0.211. The number of thiazole rings is 1. The highest BCUT2D eigenvalue weighted by Crippen LogP contribution is 2.21. The lowest BCUT2D eigenvalue weighted by Crippen LogP contribution is -2.36. The van der Waals surface area contributed by atoms with Crippen molar-refractivity contribution in [2.45, 2.75) is 11.1 Å². The van der Waals surface area contributed by atoms with E-state index < -0.39 is 10.0 Å². The number of aromatic nitrogens is 1. The Kier molecular flexibility index (Phi) is 4.66. The summed E-state index contributed by atoms with van der Waals surface area (Å²) in [6, 6.07) is 0. The minimum Gasteiger partial charge on any atom is -0.355 e. The van der Waals surface area contributed by atoms with Crippen molar-refractivity contribution in [1.29, 1.82) is 0 Å². The second kappa shape index (κ2) is 5.58. The number of hydrogen-bond donors (Lipinski definition) is 2. The van der Waals surface area contributed by atoms with E-state index in [1.807, 2.05) is 0 Å². The summed E-state index contributed by atoms with van der Waals surface area (Å²) >= 11 is 6.35. The van der Waals surface area contributed by atoms with Crippen LogP contribution >= 0.6 is 22.9 Å². The van der Waals surface area contributed by atoms with Gasteiger partial charge in [0.2, 0.25) is 5.91 Å². The molecule has 0 aliphatic heterocycles. The highest BCUT2D eigenvalue weighted by Gasteiger charge is 2.18. The largest absolute Gasteiger partial charge is 0.355 e. The lowest BCUT2D eigenvalue weighted by atomic mass is 10.6. The summed E-state index contributed by atoms with van der Waals surface area (Å²) in [4.78, 5) is 14.7. The first kappa shape index (κ1) is 13.4. The zero-order valence-corrected chi connectivity index (χ0v) is 10.7. The Bertz CT molecular complexity index is 471. The summed E-state index contributed by atoms with van der Waals surface area (Å²) in [5.41, 5.74) is 0. The Morgan fingerprint density at radius 1 is 1.62 bits per heavy atom. The number of carbonyl (C=O) groups excluding carboxylic acids is 1. The van der Waals surface area contributed by atoms with E-state index in [0.717, 1.165) is 17.5 Å². The molecule has 0 bridgehead atoms. The number of likely N-dealkylation sites (N-methyl/N-ethyl adjacent to an activating group) is 1. The van der Waals surface area contributed by atoms with Gasteiger partial charge in [0, 0.05) is 6.54 Å². The Labute approximate surface area is 102 Å². The molecule has 0 aromatic carbocycles. The van der Waals surface area contributed by atoms with Gasteiger partial charge in [0.05, 0.1) is 12.7 Å². The fourth-order valence-electron chi connectivity index (χ4n) is 0.855. The third-order valence-electron chi connectivity index (χ3n) is 1.52. The molecule has 0 fully saturated rings. The van der Waals surface area contributed by atoms with E-state index in [-0.39, 0.29) is 21.1 Å². The molecular formula is C7H10ClN3O3S2. The average molecular weight is 284 g/mol. The van der Waals surface area contributed by atoms with Crippen molar-refractivity contribution in [3.05, 3.63) is 10.7 Å². The molecule has 1 aromatic heterocycles. The van der Waals surface area contributed by atoms with Gasteiger partial charge in [-0.05, 0) is 6.92 Å². The number of carbonyl (C=O) groups is 1. The molecule has 0 aliphatic carbocycles. The van der Waals surface area contributed by atoms with Crippen LogP contribution in [0.25, 0.3) is 0 Å². The molecule has 6 nitrogen and oxygen atoms in total. The van der Waals surface area contributed by atoms with Gasteiger partial charge in [-0.2, -0.15) is 0 Å². The van der Waals surface area contributed by atoms with Crippen LogP contribution in [0.15, 0.2) is 10.4 Å². The van der Waals surface area contributed by atoms with Crippen molar-refractivity contribution >= 4 is 38.9 Å². The van der Waals surface area contributed by atoms with E-state index in [0.29, 0.717) is 6.54 Å². The molecule has 1 aromatic rings. The minimum atomic E-state index is -3.69. The standard InChI is InChI=1S/C7H10ClN3O3S2/c1-2-9-5(12)3-11-16(13,14)6-4-10-7(8)15-6/h4,11H,2-3H2,1H3,(H,9,12). The zero-order chi connectivity index (χ0) is 12.2. The van der Waals surface area contributed by atoms with Crippen LogP contribution in [-0.2, 0) is 14.8 Å². The third-order valence-corrected chi connectivity index (χ3v) is 4.50. The van der Waals surface area contributed by atoms with E-state index in [9.17, 15) is 13.2 Å². The van der Waals surface area contributed by atoms with E-state index in [1.54, 1.807) is 6.92 Å². The fraction of sp³-hybridized carbons (Fsp3) is 0.429. The van der Waals surface area contributed by atoms with Gasteiger partial charge in [-0.3, -0.25) is 4.79 Å². The molecule has 0 radical (unpaired) electrons. The topological polar surface area (TPSA) is 88.2 Å².